The Labute approximate surface area is 170 Å². The number of aromatic nitrogens is 1. The summed E-state index contributed by atoms with van der Waals surface area (Å²) in [6.45, 7) is 0.191. The van der Waals surface area contributed by atoms with E-state index in [1.807, 2.05) is 6.07 Å². The largest absolute Gasteiger partial charge is 0.493 e. The molecule has 2 aromatic rings. The number of aliphatic imine (C=N–C) groups is 1. The molecule has 0 radical (unpaired) electrons. The molecule has 0 saturated heterocycles. The van der Waals surface area contributed by atoms with Crippen LogP contribution in [0.25, 0.3) is 11.1 Å². The molecule has 10 heteroatoms. The van der Waals surface area contributed by atoms with Crippen LogP contribution in [0.4, 0.5) is 5.69 Å². The number of hydrogen-bond acceptors (Lipinski definition) is 8. The molecular weight excluding hydrogens is 392 g/mol. The Morgan fingerprint density at radius 1 is 1.37 bits per heavy atom. The molecule has 30 heavy (non-hydrogen) atoms. The molecule has 0 aliphatic carbocycles. The molecule has 1 atom stereocenters. The van der Waals surface area contributed by atoms with Gasteiger partial charge in [-0.1, -0.05) is 0 Å². The molecule has 0 spiro atoms. The first-order chi connectivity index (χ1) is 14.4. The fraction of sp³-hybridized carbons (Fsp3) is 0.200. The summed E-state index contributed by atoms with van der Waals surface area (Å²) in [5.41, 5.74) is 6.07. The number of fused-ring (bicyclic) bond motifs is 1. The van der Waals surface area contributed by atoms with E-state index in [2.05, 4.69) is 15.3 Å². The van der Waals surface area contributed by atoms with Gasteiger partial charge >= 0.3 is 5.97 Å². The number of benzene rings is 1. The minimum absolute atomic E-state index is 0.0639. The maximum Gasteiger partial charge on any atom is 0.356 e. The number of carboxylic acids is 1. The van der Waals surface area contributed by atoms with Crippen molar-refractivity contribution in [2.45, 2.75) is 12.0 Å². The van der Waals surface area contributed by atoms with E-state index in [-0.39, 0.29) is 23.8 Å². The van der Waals surface area contributed by atoms with Crippen LogP contribution in [0.3, 0.4) is 0 Å². The molecule has 0 saturated carbocycles. The number of aromatic amines is 1. The second-order valence-corrected chi connectivity index (χ2v) is 6.74. The summed E-state index contributed by atoms with van der Waals surface area (Å²) in [7, 11) is 0. The number of pyridine rings is 1. The third-order valence-corrected chi connectivity index (χ3v) is 4.97. The number of carboxylic acid groups (broad SMARTS) is 1. The van der Waals surface area contributed by atoms with Gasteiger partial charge in [0, 0.05) is 35.9 Å². The number of ether oxygens (including phenoxy) is 2. The highest BCUT2D eigenvalue weighted by molar-refractivity contribution is 6.00. The molecule has 1 aromatic carbocycles. The van der Waals surface area contributed by atoms with Gasteiger partial charge in [0.25, 0.3) is 11.6 Å². The lowest BCUT2D eigenvalue weighted by Gasteiger charge is -2.24. The Kier molecular flexibility index (Phi) is 4.74. The molecule has 0 fully saturated rings. The van der Waals surface area contributed by atoms with Crippen LogP contribution in [0.2, 0.25) is 0 Å². The zero-order valence-corrected chi connectivity index (χ0v) is 15.7. The van der Waals surface area contributed by atoms with Crippen molar-refractivity contribution in [3.8, 4) is 16.9 Å². The third-order valence-electron chi connectivity index (χ3n) is 4.97. The minimum Gasteiger partial charge on any atom is -0.493 e. The van der Waals surface area contributed by atoms with Gasteiger partial charge in [0.2, 0.25) is 5.56 Å². The van der Waals surface area contributed by atoms with Crippen LogP contribution in [0.15, 0.2) is 52.0 Å². The number of amidine groups is 1. The zero-order chi connectivity index (χ0) is 21.3. The number of aldehydes is 1. The summed E-state index contributed by atoms with van der Waals surface area (Å²) in [6, 6.07) is 6.74. The number of rotatable bonds is 5. The zero-order valence-electron chi connectivity index (χ0n) is 15.7. The monoisotopic (exact) mass is 410 g/mol. The summed E-state index contributed by atoms with van der Waals surface area (Å²) >= 11 is 0. The first kappa shape index (κ1) is 19.2. The van der Waals surface area contributed by atoms with Crippen LogP contribution in [0.1, 0.15) is 5.56 Å². The predicted molar refractivity (Wildman–Crippen MR) is 107 cm³/mol. The summed E-state index contributed by atoms with van der Waals surface area (Å²) in [5.74, 6) is -0.690. The van der Waals surface area contributed by atoms with Crippen molar-refractivity contribution in [1.29, 1.82) is 0 Å². The van der Waals surface area contributed by atoms with Gasteiger partial charge in [0.05, 0.1) is 18.0 Å². The fourth-order valence-corrected chi connectivity index (χ4v) is 3.45. The summed E-state index contributed by atoms with van der Waals surface area (Å²) < 4.78 is 11.2. The van der Waals surface area contributed by atoms with E-state index in [9.17, 15) is 19.5 Å². The molecule has 5 N–H and O–H groups in total. The van der Waals surface area contributed by atoms with E-state index in [0.29, 0.717) is 41.9 Å². The quantitative estimate of drug-likeness (QED) is 0.413. The number of nitrogens with one attached hydrogen (secondary N) is 2. The normalized spacial score (nSPS) is 20.0. The Hall–Kier alpha value is -4.08. The minimum atomic E-state index is -1.97. The third kappa shape index (κ3) is 3.17. The van der Waals surface area contributed by atoms with Gasteiger partial charge in [-0.3, -0.25) is 9.59 Å². The highest BCUT2D eigenvalue weighted by Crippen LogP contribution is 2.40. The van der Waals surface area contributed by atoms with E-state index < -0.39 is 11.6 Å². The number of carbonyl (C=O) groups is 2. The van der Waals surface area contributed by atoms with Gasteiger partial charge in [-0.15, -0.1) is 0 Å². The fourth-order valence-electron chi connectivity index (χ4n) is 3.45. The van der Waals surface area contributed by atoms with Gasteiger partial charge in [-0.25, -0.2) is 9.79 Å². The Balaban J connectivity index is 1.73. The Morgan fingerprint density at radius 3 is 2.93 bits per heavy atom. The van der Waals surface area contributed by atoms with Crippen molar-refractivity contribution < 1.29 is 24.2 Å². The number of hydrogen-bond donors (Lipinski definition) is 4. The van der Waals surface area contributed by atoms with E-state index >= 15 is 0 Å². The molecule has 10 nitrogen and oxygen atoms in total. The highest BCUT2D eigenvalue weighted by atomic mass is 16.6. The van der Waals surface area contributed by atoms with Crippen LogP contribution in [-0.2, 0) is 20.7 Å². The molecule has 2 aliphatic rings. The molecular formula is C20H18N4O6. The van der Waals surface area contributed by atoms with Crippen LogP contribution in [0, 0.1) is 0 Å². The standard InChI is InChI=1S/C20H18N4O6/c21-15(4-7-25)20(18(27)28)10-23-19(30-20)24-17-12(11-3-6-22-16(26)9-11)1-2-14-13(17)5-8-29-14/h1-4,6-7,9H,5,8,10,21H2,(H,22,26)(H,23,24)(H,27,28). The number of anilines is 1. The van der Waals surface area contributed by atoms with Crippen LogP contribution < -0.4 is 21.3 Å². The van der Waals surface area contributed by atoms with Gasteiger partial charge < -0.3 is 30.6 Å². The van der Waals surface area contributed by atoms with E-state index in [4.69, 9.17) is 15.2 Å². The first-order valence-corrected chi connectivity index (χ1v) is 9.07. The number of nitrogens with two attached hydrogens (primary N) is 1. The summed E-state index contributed by atoms with van der Waals surface area (Å²) in [4.78, 5) is 41.1. The van der Waals surface area contributed by atoms with Crippen molar-refractivity contribution >= 4 is 24.0 Å². The van der Waals surface area contributed by atoms with Gasteiger partial charge in [0.1, 0.15) is 18.6 Å². The number of aliphatic carboxylic acids is 1. The molecule has 1 unspecified atom stereocenters. The number of nitrogens with zero attached hydrogens (tertiary/aromatic N) is 1. The van der Waals surface area contributed by atoms with Crippen molar-refractivity contribution in [2.24, 2.45) is 10.7 Å². The molecule has 0 bridgehead atoms. The summed E-state index contributed by atoms with van der Waals surface area (Å²) in [5, 5.41) is 12.7. The maximum absolute atomic E-state index is 11.8. The molecule has 2 aliphatic heterocycles. The summed E-state index contributed by atoms with van der Waals surface area (Å²) in [6.07, 6.45) is 3.47. The average Bonchev–Trinajstić information content (AvgIpc) is 3.36. The number of H-pyrrole nitrogens is 1. The molecule has 1 aromatic heterocycles. The SMILES string of the molecule is NC(=CC=O)C1(C(=O)O)CN=C(Nc2c(-c3cc[nH]c(=O)c3)ccc3c2CCO3)O1. The molecule has 0 amide bonds. The first-order valence-electron chi connectivity index (χ1n) is 9.07. The van der Waals surface area contributed by atoms with Gasteiger partial charge in [-0.05, 0) is 23.8 Å². The Bertz CT molecular complexity index is 1150. The molecule has 3 heterocycles. The van der Waals surface area contributed by atoms with Gasteiger partial charge in [-0.2, -0.15) is 0 Å². The van der Waals surface area contributed by atoms with E-state index in [0.717, 1.165) is 11.6 Å². The van der Waals surface area contributed by atoms with Crippen LogP contribution >= 0.6 is 0 Å². The van der Waals surface area contributed by atoms with Gasteiger partial charge in [0.15, 0.2) is 0 Å². The van der Waals surface area contributed by atoms with E-state index in [1.54, 1.807) is 12.1 Å². The topological polar surface area (TPSA) is 156 Å². The number of allylic oxidation sites excluding steroid dienone is 1. The lowest BCUT2D eigenvalue weighted by atomic mass is 9.99. The lowest BCUT2D eigenvalue weighted by Crippen LogP contribution is -2.47. The van der Waals surface area contributed by atoms with Crippen molar-refractivity contribution in [3.05, 3.63) is 58.2 Å². The molecule has 4 rings (SSSR count). The van der Waals surface area contributed by atoms with Crippen molar-refractivity contribution in [1.82, 2.24) is 4.98 Å². The smallest absolute Gasteiger partial charge is 0.356 e. The van der Waals surface area contributed by atoms with Crippen LogP contribution in [-0.4, -0.2) is 47.1 Å². The maximum atomic E-state index is 11.8. The van der Waals surface area contributed by atoms with E-state index in [1.165, 1.54) is 12.3 Å². The highest BCUT2D eigenvalue weighted by Gasteiger charge is 2.49. The van der Waals surface area contributed by atoms with Crippen LogP contribution in [0.5, 0.6) is 5.75 Å². The Morgan fingerprint density at radius 2 is 2.20 bits per heavy atom. The lowest BCUT2D eigenvalue weighted by molar-refractivity contribution is -0.150. The second kappa shape index (κ2) is 7.39. The van der Waals surface area contributed by atoms with Crippen molar-refractivity contribution in [3.63, 3.8) is 0 Å². The molecule has 154 valence electrons. The predicted octanol–water partition coefficient (Wildman–Crippen LogP) is 0.640. The second-order valence-electron chi connectivity index (χ2n) is 6.74. The number of carbonyl (C=O) groups excluding carboxylic acids is 1. The average molecular weight is 410 g/mol. The van der Waals surface area contributed by atoms with Crippen molar-refractivity contribution in [2.75, 3.05) is 18.5 Å².